The number of hydrogen-bond acceptors (Lipinski definition) is 4. The smallest absolute Gasteiger partial charge is 0.223 e. The Labute approximate surface area is 138 Å². The number of nitrogens with zero attached hydrogens (tertiary/aromatic N) is 1. The molecule has 3 rings (SSSR count). The van der Waals surface area contributed by atoms with Crippen molar-refractivity contribution in [2.24, 2.45) is 5.92 Å². The maximum Gasteiger partial charge on any atom is 0.223 e. The molecule has 0 unspecified atom stereocenters. The lowest BCUT2D eigenvalue weighted by molar-refractivity contribution is -0.126. The van der Waals surface area contributed by atoms with Gasteiger partial charge in [-0.15, -0.1) is 0 Å². The third-order valence-electron chi connectivity index (χ3n) is 4.79. The van der Waals surface area contributed by atoms with Gasteiger partial charge in [-0.1, -0.05) is 18.2 Å². The van der Waals surface area contributed by atoms with Crippen LogP contribution in [0.5, 0.6) is 0 Å². The van der Waals surface area contributed by atoms with Gasteiger partial charge in [-0.3, -0.25) is 4.79 Å². The molecule has 5 heteroatoms. The predicted octanol–water partition coefficient (Wildman–Crippen LogP) is 1.53. The second-order valence-corrected chi connectivity index (χ2v) is 6.52. The van der Waals surface area contributed by atoms with E-state index >= 15 is 0 Å². The molecular weight excluding hydrogens is 290 g/mol. The third-order valence-corrected chi connectivity index (χ3v) is 4.79. The van der Waals surface area contributed by atoms with Gasteiger partial charge in [-0.05, 0) is 37.9 Å². The Kier molecular flexibility index (Phi) is 5.51. The van der Waals surface area contributed by atoms with Gasteiger partial charge in [0, 0.05) is 37.3 Å². The zero-order chi connectivity index (χ0) is 16.1. The number of para-hydroxylation sites is 1. The number of nitrogens with one attached hydrogen (secondary N) is 2. The standard InChI is InChI=1S/C18H27N3O2/c1-14-12-15(6-7-19-14)18(22)20-13-16-4-2-3-5-17(16)21-8-10-23-11-9-21/h2-5,14-15,19H,6-13H2,1H3,(H,20,22)/t14-,15-/m0/s1. The van der Waals surface area contributed by atoms with Crippen LogP contribution in [0, 0.1) is 5.92 Å². The Balaban J connectivity index is 1.60. The van der Waals surface area contributed by atoms with Crippen LogP contribution in [0.25, 0.3) is 0 Å². The lowest BCUT2D eigenvalue weighted by Crippen LogP contribution is -2.42. The second kappa shape index (κ2) is 7.79. The molecule has 1 aromatic carbocycles. The van der Waals surface area contributed by atoms with Crippen molar-refractivity contribution in [1.29, 1.82) is 0 Å². The number of carbonyl (C=O) groups excluding carboxylic acids is 1. The number of ether oxygens (including phenoxy) is 1. The van der Waals surface area contributed by atoms with Crippen LogP contribution in [0.2, 0.25) is 0 Å². The summed E-state index contributed by atoms with van der Waals surface area (Å²) in [7, 11) is 0. The number of amides is 1. The fraction of sp³-hybridized carbons (Fsp3) is 0.611. The van der Waals surface area contributed by atoms with Gasteiger partial charge in [-0.25, -0.2) is 0 Å². The van der Waals surface area contributed by atoms with Gasteiger partial charge in [0.15, 0.2) is 0 Å². The van der Waals surface area contributed by atoms with Crippen LogP contribution in [-0.2, 0) is 16.1 Å². The van der Waals surface area contributed by atoms with Gasteiger partial charge < -0.3 is 20.3 Å². The fourth-order valence-electron chi connectivity index (χ4n) is 3.47. The molecular formula is C18H27N3O2. The maximum atomic E-state index is 12.4. The van der Waals surface area contributed by atoms with Crippen molar-refractivity contribution in [3.05, 3.63) is 29.8 Å². The summed E-state index contributed by atoms with van der Waals surface area (Å²) in [5.74, 6) is 0.330. The van der Waals surface area contributed by atoms with E-state index in [4.69, 9.17) is 4.74 Å². The summed E-state index contributed by atoms with van der Waals surface area (Å²) in [5.41, 5.74) is 2.40. The van der Waals surface area contributed by atoms with Gasteiger partial charge in [0.2, 0.25) is 5.91 Å². The van der Waals surface area contributed by atoms with Crippen LogP contribution < -0.4 is 15.5 Å². The first kappa shape index (κ1) is 16.3. The largest absolute Gasteiger partial charge is 0.378 e. The number of piperidine rings is 1. The van der Waals surface area contributed by atoms with Gasteiger partial charge >= 0.3 is 0 Å². The van der Waals surface area contributed by atoms with Crippen molar-refractivity contribution in [3.63, 3.8) is 0 Å². The van der Waals surface area contributed by atoms with Gasteiger partial charge in [0.1, 0.15) is 0 Å². The van der Waals surface area contributed by atoms with Crippen molar-refractivity contribution < 1.29 is 9.53 Å². The van der Waals surface area contributed by atoms with Crippen LogP contribution in [-0.4, -0.2) is 44.8 Å². The minimum atomic E-state index is 0.141. The first-order valence-electron chi connectivity index (χ1n) is 8.65. The molecule has 2 aliphatic rings. The van der Waals surface area contributed by atoms with Crippen LogP contribution in [0.15, 0.2) is 24.3 Å². The highest BCUT2D eigenvalue weighted by Crippen LogP contribution is 2.22. The van der Waals surface area contributed by atoms with E-state index in [1.54, 1.807) is 0 Å². The number of anilines is 1. The zero-order valence-corrected chi connectivity index (χ0v) is 13.9. The van der Waals surface area contributed by atoms with E-state index in [1.165, 1.54) is 11.3 Å². The predicted molar refractivity (Wildman–Crippen MR) is 91.5 cm³/mol. The van der Waals surface area contributed by atoms with Crippen LogP contribution in [0.4, 0.5) is 5.69 Å². The number of morpholine rings is 1. The monoisotopic (exact) mass is 317 g/mol. The Morgan fingerprint density at radius 1 is 1.35 bits per heavy atom. The van der Waals surface area contributed by atoms with E-state index in [-0.39, 0.29) is 11.8 Å². The molecule has 2 fully saturated rings. The highest BCUT2D eigenvalue weighted by atomic mass is 16.5. The molecule has 2 atom stereocenters. The summed E-state index contributed by atoms with van der Waals surface area (Å²) in [4.78, 5) is 14.8. The normalized spacial score (nSPS) is 25.2. The summed E-state index contributed by atoms with van der Waals surface area (Å²) >= 11 is 0. The minimum absolute atomic E-state index is 0.141. The molecule has 2 aliphatic heterocycles. The summed E-state index contributed by atoms with van der Waals surface area (Å²) in [6.45, 7) is 7.05. The quantitative estimate of drug-likeness (QED) is 0.884. The molecule has 1 amide bonds. The minimum Gasteiger partial charge on any atom is -0.378 e. The first-order chi connectivity index (χ1) is 11.2. The van der Waals surface area contributed by atoms with E-state index in [0.29, 0.717) is 12.6 Å². The molecule has 0 saturated carbocycles. The molecule has 0 aliphatic carbocycles. The molecule has 2 heterocycles. The fourth-order valence-corrected chi connectivity index (χ4v) is 3.47. The van der Waals surface area contributed by atoms with E-state index in [2.05, 4.69) is 40.7 Å². The topological polar surface area (TPSA) is 53.6 Å². The Hall–Kier alpha value is -1.59. The van der Waals surface area contributed by atoms with Gasteiger partial charge in [0.25, 0.3) is 0 Å². The summed E-state index contributed by atoms with van der Waals surface area (Å²) < 4.78 is 5.43. The van der Waals surface area contributed by atoms with Crippen molar-refractivity contribution in [2.45, 2.75) is 32.4 Å². The van der Waals surface area contributed by atoms with Crippen molar-refractivity contribution in [3.8, 4) is 0 Å². The van der Waals surface area contributed by atoms with E-state index in [0.717, 1.165) is 45.7 Å². The number of carbonyl (C=O) groups is 1. The SMILES string of the molecule is C[C@H]1C[C@@H](C(=O)NCc2ccccc2N2CCOCC2)CCN1. The molecule has 5 nitrogen and oxygen atoms in total. The second-order valence-electron chi connectivity index (χ2n) is 6.52. The number of benzene rings is 1. The maximum absolute atomic E-state index is 12.4. The van der Waals surface area contributed by atoms with Crippen LogP contribution in [0.3, 0.4) is 0 Å². The molecule has 1 aromatic rings. The molecule has 0 spiro atoms. The van der Waals surface area contributed by atoms with Crippen molar-refractivity contribution in [1.82, 2.24) is 10.6 Å². The lowest BCUT2D eigenvalue weighted by atomic mass is 9.92. The average Bonchev–Trinajstić information content (AvgIpc) is 2.60. The Morgan fingerprint density at radius 3 is 2.91 bits per heavy atom. The highest BCUT2D eigenvalue weighted by molar-refractivity contribution is 5.79. The Morgan fingerprint density at radius 2 is 2.13 bits per heavy atom. The van der Waals surface area contributed by atoms with Gasteiger partial charge in [-0.2, -0.15) is 0 Å². The van der Waals surface area contributed by atoms with Crippen LogP contribution >= 0.6 is 0 Å². The summed E-state index contributed by atoms with van der Waals surface area (Å²) in [6, 6.07) is 8.78. The number of rotatable bonds is 4. The highest BCUT2D eigenvalue weighted by Gasteiger charge is 2.24. The first-order valence-corrected chi connectivity index (χ1v) is 8.65. The molecule has 0 aromatic heterocycles. The van der Waals surface area contributed by atoms with Crippen LogP contribution in [0.1, 0.15) is 25.3 Å². The average molecular weight is 317 g/mol. The summed E-state index contributed by atoms with van der Waals surface area (Å²) in [6.07, 6.45) is 1.86. The van der Waals surface area contributed by atoms with Crippen molar-refractivity contribution in [2.75, 3.05) is 37.7 Å². The van der Waals surface area contributed by atoms with E-state index in [9.17, 15) is 4.79 Å². The molecule has 23 heavy (non-hydrogen) atoms. The molecule has 126 valence electrons. The molecule has 0 radical (unpaired) electrons. The van der Waals surface area contributed by atoms with Gasteiger partial charge in [0.05, 0.1) is 13.2 Å². The number of hydrogen-bond donors (Lipinski definition) is 2. The lowest BCUT2D eigenvalue weighted by Gasteiger charge is -2.31. The Bertz CT molecular complexity index is 529. The van der Waals surface area contributed by atoms with E-state index in [1.807, 2.05) is 6.07 Å². The summed E-state index contributed by atoms with van der Waals surface area (Å²) in [5, 5.41) is 6.54. The van der Waals surface area contributed by atoms with Crippen molar-refractivity contribution >= 4 is 11.6 Å². The molecule has 0 bridgehead atoms. The van der Waals surface area contributed by atoms with E-state index < -0.39 is 0 Å². The molecule has 2 N–H and O–H groups in total. The zero-order valence-electron chi connectivity index (χ0n) is 13.9. The third kappa shape index (κ3) is 4.24. The molecule has 2 saturated heterocycles.